The molecule has 5 heavy (non-hydrogen) atoms. The quantitative estimate of drug-likeness (QED) is 0.413. The molecule has 1 N–H and O–H groups in total. The Morgan fingerprint density at radius 1 is 1.20 bits per heavy atom. The molecule has 0 amide bonds. The summed E-state index contributed by atoms with van der Waals surface area (Å²) in [6, 6.07) is 0. The maximum atomic E-state index is 3.53. The monoisotopic (exact) mass is 93.1 g/mol. The Kier molecular flexibility index (Phi) is 49.5. The van der Waals surface area contributed by atoms with Crippen LogP contribution in [0.1, 0.15) is 0 Å². The van der Waals surface area contributed by atoms with Crippen LogP contribution in [0, 0.1) is 0 Å². The van der Waals surface area contributed by atoms with Crippen molar-refractivity contribution in [3.8, 4) is 0 Å². The molecule has 0 saturated carbocycles. The number of nitrogens with one attached hydrogen (secondary N) is 1. The van der Waals surface area contributed by atoms with Gasteiger partial charge in [-0.3, -0.25) is 0 Å². The van der Waals surface area contributed by atoms with E-state index in [-0.39, 0.29) is 0 Å². The van der Waals surface area contributed by atoms with E-state index in [0.29, 0.717) is 0 Å². The molecule has 0 rings (SSSR count). The van der Waals surface area contributed by atoms with Crippen molar-refractivity contribution in [3.63, 3.8) is 0 Å². The van der Waals surface area contributed by atoms with E-state index in [4.69, 9.17) is 0 Å². The standard InChI is InChI=1S/C2H7N.CH4S/c1-3-2;1-2/h3H,1-2H3;2H,1H3. The van der Waals surface area contributed by atoms with Crippen molar-refractivity contribution in [1.82, 2.24) is 5.32 Å². The lowest BCUT2D eigenvalue weighted by atomic mass is 11.3. The number of hydrogen-bond donors (Lipinski definition) is 2. The summed E-state index contributed by atoms with van der Waals surface area (Å²) < 4.78 is 0. The third-order valence-corrected chi connectivity index (χ3v) is 0. The van der Waals surface area contributed by atoms with Gasteiger partial charge in [-0.25, -0.2) is 0 Å². The Hall–Kier alpha value is 0.310. The fraction of sp³-hybridized carbons (Fsp3) is 1.00. The summed E-state index contributed by atoms with van der Waals surface area (Å²) in [7, 11) is 3.75. The molecule has 0 aliphatic carbocycles. The molecule has 0 aromatic rings. The minimum atomic E-state index is 1.69. The van der Waals surface area contributed by atoms with Crippen molar-refractivity contribution in [2.75, 3.05) is 20.4 Å². The predicted octanol–water partition coefficient (Wildman–Crippen LogP) is 0.382. The van der Waals surface area contributed by atoms with Gasteiger partial charge in [-0.05, 0) is 20.4 Å². The Balaban J connectivity index is 0. The molecule has 0 aromatic carbocycles. The van der Waals surface area contributed by atoms with Crippen LogP contribution in [0.15, 0.2) is 0 Å². The molecule has 0 fully saturated rings. The Labute approximate surface area is 39.2 Å². The van der Waals surface area contributed by atoms with E-state index in [9.17, 15) is 0 Å². The Bertz CT molecular complexity index is 6.85. The zero-order chi connectivity index (χ0) is 4.71. The average molecular weight is 93.2 g/mol. The van der Waals surface area contributed by atoms with Crippen LogP contribution in [0.3, 0.4) is 0 Å². The van der Waals surface area contributed by atoms with Crippen LogP contribution >= 0.6 is 12.6 Å². The molecule has 0 aliphatic heterocycles. The fourth-order valence-electron chi connectivity index (χ4n) is 0. The van der Waals surface area contributed by atoms with Crippen molar-refractivity contribution < 1.29 is 0 Å². The van der Waals surface area contributed by atoms with E-state index >= 15 is 0 Å². The first-order chi connectivity index (χ1) is 2.41. The van der Waals surface area contributed by atoms with Gasteiger partial charge in [0.2, 0.25) is 0 Å². The molecule has 0 atom stereocenters. The lowest BCUT2D eigenvalue weighted by Gasteiger charge is -1.59. The highest BCUT2D eigenvalue weighted by Crippen LogP contribution is 1.31. The zero-order valence-electron chi connectivity index (χ0n) is 3.95. The lowest BCUT2D eigenvalue weighted by Crippen LogP contribution is -1.89. The summed E-state index contributed by atoms with van der Waals surface area (Å²) in [5.41, 5.74) is 0. The second-order valence-electron chi connectivity index (χ2n) is 0.500. The van der Waals surface area contributed by atoms with E-state index in [1.165, 1.54) is 0 Å². The maximum Gasteiger partial charge on any atom is -0.0167 e. The summed E-state index contributed by atoms with van der Waals surface area (Å²) in [4.78, 5) is 0. The van der Waals surface area contributed by atoms with Crippen LogP contribution in [0.5, 0.6) is 0 Å². The highest BCUT2D eigenvalue weighted by molar-refractivity contribution is 7.79. The molecule has 34 valence electrons. The molecule has 0 bridgehead atoms. The van der Waals surface area contributed by atoms with Crippen LogP contribution in [-0.2, 0) is 0 Å². The number of thiol groups is 1. The summed E-state index contributed by atoms with van der Waals surface area (Å²) in [6.45, 7) is 0. The molecule has 1 nitrogen and oxygen atoms in total. The van der Waals surface area contributed by atoms with Crippen molar-refractivity contribution in [3.05, 3.63) is 0 Å². The first-order valence-electron chi connectivity index (χ1n) is 1.45. The normalized spacial score (nSPS) is 4.80. The molecule has 0 unspecified atom stereocenters. The summed E-state index contributed by atoms with van der Waals surface area (Å²) >= 11 is 3.53. The second-order valence-corrected chi connectivity index (χ2v) is 0.500. The van der Waals surface area contributed by atoms with Crippen molar-refractivity contribution in [2.45, 2.75) is 0 Å². The predicted molar refractivity (Wildman–Crippen MR) is 29.9 cm³/mol. The molecule has 0 saturated heterocycles. The van der Waals surface area contributed by atoms with E-state index < -0.39 is 0 Å². The number of hydrogen-bond acceptors (Lipinski definition) is 2. The second kappa shape index (κ2) is 27.5. The van der Waals surface area contributed by atoms with Crippen molar-refractivity contribution in [1.29, 1.82) is 0 Å². The van der Waals surface area contributed by atoms with Crippen LogP contribution in [0.2, 0.25) is 0 Å². The minimum absolute atomic E-state index is 1.69. The lowest BCUT2D eigenvalue weighted by molar-refractivity contribution is 1.02. The van der Waals surface area contributed by atoms with Crippen LogP contribution in [0.25, 0.3) is 0 Å². The molecule has 2 heteroatoms. The van der Waals surface area contributed by atoms with Gasteiger partial charge in [0.15, 0.2) is 0 Å². The molecule has 0 aromatic heterocycles. The molecule has 0 spiro atoms. The first-order valence-corrected chi connectivity index (χ1v) is 2.34. The summed E-state index contributed by atoms with van der Waals surface area (Å²) in [5, 5.41) is 2.75. The van der Waals surface area contributed by atoms with Gasteiger partial charge in [-0.1, -0.05) is 0 Å². The highest BCUT2D eigenvalue weighted by Gasteiger charge is 1.25. The Morgan fingerprint density at radius 2 is 1.20 bits per heavy atom. The third kappa shape index (κ3) is 239. The van der Waals surface area contributed by atoms with Gasteiger partial charge in [0.1, 0.15) is 0 Å². The van der Waals surface area contributed by atoms with Gasteiger partial charge >= 0.3 is 0 Å². The zero-order valence-corrected chi connectivity index (χ0v) is 4.84. The topological polar surface area (TPSA) is 12.0 Å². The minimum Gasteiger partial charge on any atom is -0.323 e. The van der Waals surface area contributed by atoms with Gasteiger partial charge in [0, 0.05) is 0 Å². The van der Waals surface area contributed by atoms with Gasteiger partial charge in [0.25, 0.3) is 0 Å². The molecule has 0 aliphatic rings. The molecule has 0 heterocycles. The summed E-state index contributed by atoms with van der Waals surface area (Å²) in [5.74, 6) is 0. The van der Waals surface area contributed by atoms with E-state index in [0.717, 1.165) is 0 Å². The van der Waals surface area contributed by atoms with Gasteiger partial charge in [0.05, 0.1) is 0 Å². The van der Waals surface area contributed by atoms with E-state index in [1.807, 2.05) is 14.1 Å². The highest BCUT2D eigenvalue weighted by atomic mass is 32.1. The number of rotatable bonds is 0. The van der Waals surface area contributed by atoms with Crippen LogP contribution in [-0.4, -0.2) is 20.4 Å². The van der Waals surface area contributed by atoms with E-state index in [2.05, 4.69) is 17.9 Å². The van der Waals surface area contributed by atoms with Gasteiger partial charge in [-0.15, -0.1) is 0 Å². The van der Waals surface area contributed by atoms with Crippen molar-refractivity contribution in [2.24, 2.45) is 0 Å². The summed E-state index contributed by atoms with van der Waals surface area (Å²) in [6.07, 6.45) is 1.69. The van der Waals surface area contributed by atoms with Crippen molar-refractivity contribution >= 4 is 12.6 Å². The fourth-order valence-corrected chi connectivity index (χ4v) is 0. The van der Waals surface area contributed by atoms with Gasteiger partial charge < -0.3 is 5.32 Å². The Morgan fingerprint density at radius 3 is 1.20 bits per heavy atom. The van der Waals surface area contributed by atoms with Gasteiger partial charge in [-0.2, -0.15) is 12.6 Å². The SMILES string of the molecule is CNC.CS. The molecular formula is C3H11NS. The largest absolute Gasteiger partial charge is 0.323 e. The first kappa shape index (κ1) is 9.00. The maximum absolute atomic E-state index is 3.53. The van der Waals surface area contributed by atoms with E-state index in [1.54, 1.807) is 6.26 Å². The molecular weight excluding hydrogens is 82.1 g/mol. The smallest absolute Gasteiger partial charge is 0.0167 e. The average Bonchev–Trinajstić information content (AvgIpc) is 1.46. The third-order valence-electron chi connectivity index (χ3n) is 0. The van der Waals surface area contributed by atoms with Crippen LogP contribution in [0.4, 0.5) is 0 Å². The van der Waals surface area contributed by atoms with Crippen LogP contribution < -0.4 is 5.32 Å². The molecule has 0 radical (unpaired) electrons.